The van der Waals surface area contributed by atoms with Crippen molar-refractivity contribution in [1.82, 2.24) is 9.78 Å². The molecule has 0 radical (unpaired) electrons. The SMILES string of the molecule is Cc1cc(C(O)c2cn(C)nc2C(C)(C)C)ccc1F. The predicted octanol–water partition coefficient (Wildman–Crippen LogP) is 3.25. The lowest BCUT2D eigenvalue weighted by Gasteiger charge is -2.20. The zero-order valence-electron chi connectivity index (χ0n) is 12.6. The molecule has 0 saturated heterocycles. The van der Waals surface area contributed by atoms with E-state index in [4.69, 9.17) is 0 Å². The van der Waals surface area contributed by atoms with Gasteiger partial charge in [-0.15, -0.1) is 0 Å². The van der Waals surface area contributed by atoms with Crippen molar-refractivity contribution < 1.29 is 9.50 Å². The van der Waals surface area contributed by atoms with Gasteiger partial charge in [-0.05, 0) is 24.1 Å². The molecule has 0 aliphatic rings. The maximum absolute atomic E-state index is 13.3. The molecule has 2 aromatic rings. The fraction of sp³-hybridized carbons (Fsp3) is 0.438. The van der Waals surface area contributed by atoms with Crippen LogP contribution in [0.25, 0.3) is 0 Å². The molecule has 0 fully saturated rings. The van der Waals surface area contributed by atoms with Gasteiger partial charge in [0.1, 0.15) is 11.9 Å². The Labute approximate surface area is 119 Å². The molecule has 20 heavy (non-hydrogen) atoms. The molecule has 1 aromatic heterocycles. The quantitative estimate of drug-likeness (QED) is 0.914. The van der Waals surface area contributed by atoms with E-state index in [9.17, 15) is 9.50 Å². The van der Waals surface area contributed by atoms with Crippen molar-refractivity contribution in [1.29, 1.82) is 0 Å². The average Bonchev–Trinajstić information content (AvgIpc) is 2.74. The Bertz CT molecular complexity index is 626. The number of aryl methyl sites for hydroxylation is 2. The highest BCUT2D eigenvalue weighted by molar-refractivity contribution is 5.36. The fourth-order valence-electron chi connectivity index (χ4n) is 2.31. The summed E-state index contributed by atoms with van der Waals surface area (Å²) in [6.07, 6.45) is 1.03. The Morgan fingerprint density at radius 3 is 2.50 bits per heavy atom. The summed E-state index contributed by atoms with van der Waals surface area (Å²) in [7, 11) is 1.83. The first-order valence-electron chi connectivity index (χ1n) is 6.68. The van der Waals surface area contributed by atoms with Gasteiger partial charge in [-0.1, -0.05) is 32.9 Å². The first-order chi connectivity index (χ1) is 9.20. The monoisotopic (exact) mass is 276 g/mol. The van der Waals surface area contributed by atoms with Crippen LogP contribution in [-0.2, 0) is 12.5 Å². The van der Waals surface area contributed by atoms with Crippen molar-refractivity contribution in [2.75, 3.05) is 0 Å². The Balaban J connectivity index is 2.48. The van der Waals surface area contributed by atoms with Gasteiger partial charge in [-0.2, -0.15) is 5.10 Å². The Morgan fingerprint density at radius 2 is 1.95 bits per heavy atom. The second kappa shape index (κ2) is 5.02. The lowest BCUT2D eigenvalue weighted by molar-refractivity contribution is 0.217. The van der Waals surface area contributed by atoms with E-state index in [0.717, 1.165) is 11.3 Å². The molecule has 1 unspecified atom stereocenters. The molecule has 0 bridgehead atoms. The van der Waals surface area contributed by atoms with Crippen molar-refractivity contribution >= 4 is 0 Å². The van der Waals surface area contributed by atoms with Gasteiger partial charge in [0.2, 0.25) is 0 Å². The molecule has 1 atom stereocenters. The molecule has 108 valence electrons. The van der Waals surface area contributed by atoms with Gasteiger partial charge < -0.3 is 5.11 Å². The Morgan fingerprint density at radius 1 is 1.30 bits per heavy atom. The van der Waals surface area contributed by atoms with Crippen LogP contribution in [-0.4, -0.2) is 14.9 Å². The number of halogens is 1. The van der Waals surface area contributed by atoms with Gasteiger partial charge in [0.25, 0.3) is 0 Å². The first-order valence-corrected chi connectivity index (χ1v) is 6.68. The van der Waals surface area contributed by atoms with Crippen LogP contribution in [0.4, 0.5) is 4.39 Å². The highest BCUT2D eigenvalue weighted by atomic mass is 19.1. The summed E-state index contributed by atoms with van der Waals surface area (Å²) in [5.41, 5.74) is 2.68. The van der Waals surface area contributed by atoms with Crippen LogP contribution in [0.5, 0.6) is 0 Å². The smallest absolute Gasteiger partial charge is 0.126 e. The molecule has 1 heterocycles. The molecule has 4 heteroatoms. The van der Waals surface area contributed by atoms with E-state index in [2.05, 4.69) is 25.9 Å². The molecule has 3 nitrogen and oxygen atoms in total. The van der Waals surface area contributed by atoms with E-state index in [0.29, 0.717) is 11.1 Å². The minimum Gasteiger partial charge on any atom is -0.384 e. The van der Waals surface area contributed by atoms with E-state index in [1.807, 2.05) is 13.2 Å². The summed E-state index contributed by atoms with van der Waals surface area (Å²) in [5.74, 6) is -0.261. The number of benzene rings is 1. The lowest BCUT2D eigenvalue weighted by Crippen LogP contribution is -2.16. The number of hydrogen-bond acceptors (Lipinski definition) is 2. The van der Waals surface area contributed by atoms with Crippen molar-refractivity contribution in [3.8, 4) is 0 Å². The third-order valence-electron chi connectivity index (χ3n) is 3.36. The molecule has 1 N–H and O–H groups in total. The van der Waals surface area contributed by atoms with Gasteiger partial charge in [0.05, 0.1) is 5.69 Å². The van der Waals surface area contributed by atoms with Crippen LogP contribution in [0.2, 0.25) is 0 Å². The summed E-state index contributed by atoms with van der Waals surface area (Å²) in [4.78, 5) is 0. The molecule has 0 saturated carbocycles. The van der Waals surface area contributed by atoms with E-state index >= 15 is 0 Å². The van der Waals surface area contributed by atoms with Gasteiger partial charge in [0, 0.05) is 24.2 Å². The van der Waals surface area contributed by atoms with Gasteiger partial charge >= 0.3 is 0 Å². The number of aliphatic hydroxyl groups is 1. The van der Waals surface area contributed by atoms with Gasteiger partial charge in [-0.3, -0.25) is 4.68 Å². The summed E-state index contributed by atoms with van der Waals surface area (Å²) in [6, 6.07) is 4.69. The molecule has 1 aromatic carbocycles. The predicted molar refractivity (Wildman–Crippen MR) is 77.1 cm³/mol. The summed E-state index contributed by atoms with van der Waals surface area (Å²) in [6.45, 7) is 7.86. The summed E-state index contributed by atoms with van der Waals surface area (Å²) < 4.78 is 15.0. The largest absolute Gasteiger partial charge is 0.384 e. The van der Waals surface area contributed by atoms with Crippen LogP contribution in [0.3, 0.4) is 0 Å². The highest BCUT2D eigenvalue weighted by Gasteiger charge is 2.26. The third-order valence-corrected chi connectivity index (χ3v) is 3.36. The topological polar surface area (TPSA) is 38.0 Å². The standard InChI is InChI=1S/C16H21FN2O/c1-10-8-11(6-7-13(10)17)14(20)12-9-19(5)18-15(12)16(2,3)4/h6-9,14,20H,1-5H3. The van der Waals surface area contributed by atoms with Crippen LogP contribution >= 0.6 is 0 Å². The summed E-state index contributed by atoms with van der Waals surface area (Å²) in [5, 5.41) is 15.0. The van der Waals surface area contributed by atoms with E-state index in [1.54, 1.807) is 23.7 Å². The van der Waals surface area contributed by atoms with E-state index < -0.39 is 6.10 Å². The molecular formula is C16H21FN2O. The van der Waals surface area contributed by atoms with E-state index in [1.165, 1.54) is 6.07 Å². The maximum Gasteiger partial charge on any atom is 0.126 e. The van der Waals surface area contributed by atoms with Crippen LogP contribution in [0.15, 0.2) is 24.4 Å². The zero-order chi connectivity index (χ0) is 15.1. The molecule has 0 aliphatic heterocycles. The third kappa shape index (κ3) is 2.75. The van der Waals surface area contributed by atoms with Crippen molar-refractivity contribution in [2.45, 2.75) is 39.2 Å². The molecular weight excluding hydrogens is 255 g/mol. The molecule has 0 spiro atoms. The second-order valence-electron chi connectivity index (χ2n) is 6.27. The number of rotatable bonds is 2. The highest BCUT2D eigenvalue weighted by Crippen LogP contribution is 2.32. The second-order valence-corrected chi connectivity index (χ2v) is 6.27. The van der Waals surface area contributed by atoms with E-state index in [-0.39, 0.29) is 11.2 Å². The zero-order valence-corrected chi connectivity index (χ0v) is 12.6. The first kappa shape index (κ1) is 14.7. The Kier molecular flexibility index (Phi) is 3.69. The van der Waals surface area contributed by atoms with Gasteiger partial charge in [0.15, 0.2) is 0 Å². The summed E-state index contributed by atoms with van der Waals surface area (Å²) >= 11 is 0. The normalized spacial score (nSPS) is 13.6. The molecule has 0 aliphatic carbocycles. The minimum atomic E-state index is -0.794. The Hall–Kier alpha value is -1.68. The number of aliphatic hydroxyl groups excluding tert-OH is 1. The van der Waals surface area contributed by atoms with Crippen LogP contribution in [0, 0.1) is 12.7 Å². The van der Waals surface area contributed by atoms with Crippen LogP contribution < -0.4 is 0 Å². The number of aromatic nitrogens is 2. The van der Waals surface area contributed by atoms with Crippen molar-refractivity contribution in [2.24, 2.45) is 7.05 Å². The fourth-order valence-corrected chi connectivity index (χ4v) is 2.31. The van der Waals surface area contributed by atoms with Crippen molar-refractivity contribution in [3.05, 3.63) is 52.6 Å². The minimum absolute atomic E-state index is 0.160. The van der Waals surface area contributed by atoms with Crippen molar-refractivity contribution in [3.63, 3.8) is 0 Å². The number of nitrogens with zero attached hydrogens (tertiary/aromatic N) is 2. The molecule has 2 rings (SSSR count). The van der Waals surface area contributed by atoms with Crippen LogP contribution in [0.1, 0.15) is 49.3 Å². The molecule has 0 amide bonds. The average molecular weight is 276 g/mol. The number of hydrogen-bond donors (Lipinski definition) is 1. The lowest BCUT2D eigenvalue weighted by atomic mass is 9.86. The maximum atomic E-state index is 13.3. The van der Waals surface area contributed by atoms with Gasteiger partial charge in [-0.25, -0.2) is 4.39 Å².